The smallest absolute Gasteiger partial charge is 0.271 e. The van der Waals surface area contributed by atoms with Crippen LogP contribution in [-0.2, 0) is 0 Å². The Hall–Kier alpha value is -3.93. The van der Waals surface area contributed by atoms with Crippen molar-refractivity contribution in [1.82, 2.24) is 5.43 Å². The zero-order valence-corrected chi connectivity index (χ0v) is 17.2. The Morgan fingerprint density at radius 2 is 1.63 bits per heavy atom. The van der Waals surface area contributed by atoms with Crippen LogP contribution in [0.3, 0.4) is 0 Å². The zero-order chi connectivity index (χ0) is 21.5. The van der Waals surface area contributed by atoms with Crippen LogP contribution in [-0.4, -0.2) is 32.1 Å². The molecule has 3 rings (SSSR count). The van der Waals surface area contributed by atoms with Crippen LogP contribution >= 0.6 is 0 Å². The first-order valence-electron chi connectivity index (χ1n) is 9.52. The summed E-state index contributed by atoms with van der Waals surface area (Å²) in [5.41, 5.74) is 6.89. The molecule has 2 amide bonds. The van der Waals surface area contributed by atoms with E-state index in [0.29, 0.717) is 16.8 Å². The largest absolute Gasteiger partial charge is 0.378 e. The van der Waals surface area contributed by atoms with Gasteiger partial charge < -0.3 is 10.2 Å². The van der Waals surface area contributed by atoms with Crippen molar-refractivity contribution in [3.05, 3.63) is 95.1 Å². The molecule has 0 fully saturated rings. The van der Waals surface area contributed by atoms with Gasteiger partial charge in [-0.05, 0) is 54.4 Å². The number of carbonyl (C=O) groups excluding carboxylic acids is 2. The highest BCUT2D eigenvalue weighted by Crippen LogP contribution is 2.14. The minimum Gasteiger partial charge on any atom is -0.378 e. The van der Waals surface area contributed by atoms with E-state index < -0.39 is 0 Å². The van der Waals surface area contributed by atoms with E-state index in [-0.39, 0.29) is 11.8 Å². The maximum absolute atomic E-state index is 12.5. The quantitative estimate of drug-likeness (QED) is 0.484. The molecule has 3 aromatic carbocycles. The summed E-state index contributed by atoms with van der Waals surface area (Å²) < 4.78 is 0. The summed E-state index contributed by atoms with van der Waals surface area (Å²) in [6.07, 6.45) is 1.58. The number of rotatable bonds is 6. The van der Waals surface area contributed by atoms with Gasteiger partial charge in [-0.15, -0.1) is 0 Å². The van der Waals surface area contributed by atoms with Crippen LogP contribution in [0.4, 0.5) is 11.4 Å². The fourth-order valence-corrected chi connectivity index (χ4v) is 2.85. The number of anilines is 2. The molecule has 3 aromatic rings. The molecule has 0 spiro atoms. The average molecular weight is 400 g/mol. The molecule has 2 N–H and O–H groups in total. The number of hydrogen-bond acceptors (Lipinski definition) is 4. The van der Waals surface area contributed by atoms with Crippen molar-refractivity contribution in [3.8, 4) is 0 Å². The molecule has 0 bridgehead atoms. The molecule has 0 aliphatic rings. The first-order valence-corrected chi connectivity index (χ1v) is 9.52. The van der Waals surface area contributed by atoms with Crippen LogP contribution in [0, 0.1) is 6.92 Å². The second-order valence-corrected chi connectivity index (χ2v) is 7.03. The highest BCUT2D eigenvalue weighted by atomic mass is 16.2. The number of hydrazone groups is 1. The van der Waals surface area contributed by atoms with Crippen LogP contribution in [0.25, 0.3) is 0 Å². The minimum absolute atomic E-state index is 0.218. The number of carbonyl (C=O) groups is 2. The predicted molar refractivity (Wildman–Crippen MR) is 121 cm³/mol. The Balaban J connectivity index is 1.63. The van der Waals surface area contributed by atoms with Crippen molar-refractivity contribution >= 4 is 29.4 Å². The van der Waals surface area contributed by atoms with Gasteiger partial charge in [0.1, 0.15) is 0 Å². The minimum atomic E-state index is -0.358. The maximum Gasteiger partial charge on any atom is 0.271 e. The molecular formula is C24H24N4O2. The molecule has 30 heavy (non-hydrogen) atoms. The maximum atomic E-state index is 12.5. The Bertz CT molecular complexity index is 1070. The van der Waals surface area contributed by atoms with E-state index in [0.717, 1.165) is 16.8 Å². The monoisotopic (exact) mass is 400 g/mol. The van der Waals surface area contributed by atoms with Gasteiger partial charge in [0, 0.05) is 36.6 Å². The third kappa shape index (κ3) is 5.32. The Morgan fingerprint density at radius 1 is 0.900 bits per heavy atom. The van der Waals surface area contributed by atoms with Crippen LogP contribution in [0.2, 0.25) is 0 Å². The van der Waals surface area contributed by atoms with Gasteiger partial charge in [0.2, 0.25) is 0 Å². The highest BCUT2D eigenvalue weighted by Gasteiger charge is 2.10. The van der Waals surface area contributed by atoms with Crippen molar-refractivity contribution in [1.29, 1.82) is 0 Å². The SMILES string of the molecule is Cc1ccccc1C(=O)Nc1cccc(C(=O)NN=Cc2ccc(N(C)C)cc2)c1. The molecule has 6 nitrogen and oxygen atoms in total. The van der Waals surface area contributed by atoms with Crippen LogP contribution in [0.1, 0.15) is 31.8 Å². The molecule has 0 aromatic heterocycles. The number of nitrogens with zero attached hydrogens (tertiary/aromatic N) is 2. The predicted octanol–water partition coefficient (Wildman–Crippen LogP) is 4.08. The van der Waals surface area contributed by atoms with E-state index in [2.05, 4.69) is 15.8 Å². The number of amides is 2. The molecule has 0 aliphatic heterocycles. The van der Waals surface area contributed by atoms with E-state index in [1.165, 1.54) is 0 Å². The molecule has 6 heteroatoms. The second kappa shape index (κ2) is 9.52. The van der Waals surface area contributed by atoms with Crippen molar-refractivity contribution < 1.29 is 9.59 Å². The standard InChI is InChI=1S/C24H24N4O2/c1-17-7-4-5-10-22(17)24(30)26-20-9-6-8-19(15-20)23(29)27-25-16-18-11-13-21(14-12-18)28(2)3/h4-16H,1-3H3,(H,26,30)(H,27,29). The molecule has 0 atom stereocenters. The highest BCUT2D eigenvalue weighted by molar-refractivity contribution is 6.06. The van der Waals surface area contributed by atoms with Gasteiger partial charge in [-0.2, -0.15) is 5.10 Å². The van der Waals surface area contributed by atoms with Crippen molar-refractivity contribution in [3.63, 3.8) is 0 Å². The molecule has 0 saturated heterocycles. The lowest BCUT2D eigenvalue weighted by molar-refractivity contribution is 0.0953. The molecule has 0 radical (unpaired) electrons. The molecule has 0 saturated carbocycles. The number of aryl methyl sites for hydroxylation is 1. The topological polar surface area (TPSA) is 73.8 Å². The van der Waals surface area contributed by atoms with Crippen molar-refractivity contribution in [2.24, 2.45) is 5.10 Å². The van der Waals surface area contributed by atoms with Gasteiger partial charge in [0.05, 0.1) is 6.21 Å². The van der Waals surface area contributed by atoms with Gasteiger partial charge in [0.25, 0.3) is 11.8 Å². The van der Waals surface area contributed by atoms with Gasteiger partial charge in [-0.1, -0.05) is 36.4 Å². The Morgan fingerprint density at radius 3 is 2.33 bits per heavy atom. The van der Waals surface area contributed by atoms with Crippen LogP contribution in [0.5, 0.6) is 0 Å². The van der Waals surface area contributed by atoms with E-state index in [1.54, 1.807) is 36.5 Å². The summed E-state index contributed by atoms with van der Waals surface area (Å²) in [5.74, 6) is -0.576. The number of hydrogen-bond donors (Lipinski definition) is 2. The third-order valence-electron chi connectivity index (χ3n) is 4.56. The lowest BCUT2D eigenvalue weighted by Crippen LogP contribution is -2.18. The summed E-state index contributed by atoms with van der Waals surface area (Å²) in [4.78, 5) is 26.9. The summed E-state index contributed by atoms with van der Waals surface area (Å²) in [7, 11) is 3.95. The zero-order valence-electron chi connectivity index (χ0n) is 17.2. The van der Waals surface area contributed by atoms with Crippen molar-refractivity contribution in [2.45, 2.75) is 6.92 Å². The fourth-order valence-electron chi connectivity index (χ4n) is 2.85. The summed E-state index contributed by atoms with van der Waals surface area (Å²) in [6.45, 7) is 1.88. The second-order valence-electron chi connectivity index (χ2n) is 7.03. The fraction of sp³-hybridized carbons (Fsp3) is 0.125. The molecule has 152 valence electrons. The van der Waals surface area contributed by atoms with E-state index >= 15 is 0 Å². The van der Waals surface area contributed by atoms with Gasteiger partial charge in [-0.3, -0.25) is 9.59 Å². The first-order chi connectivity index (χ1) is 14.4. The first kappa shape index (κ1) is 20.8. The van der Waals surface area contributed by atoms with E-state index in [1.807, 2.05) is 68.4 Å². The van der Waals surface area contributed by atoms with E-state index in [4.69, 9.17) is 0 Å². The number of benzene rings is 3. The summed E-state index contributed by atoms with van der Waals surface area (Å²) >= 11 is 0. The molecule has 0 aliphatic carbocycles. The van der Waals surface area contributed by atoms with Gasteiger partial charge in [0.15, 0.2) is 0 Å². The summed E-state index contributed by atoms with van der Waals surface area (Å²) in [6, 6.07) is 21.9. The van der Waals surface area contributed by atoms with E-state index in [9.17, 15) is 9.59 Å². The molecular weight excluding hydrogens is 376 g/mol. The normalized spacial score (nSPS) is 10.6. The summed E-state index contributed by atoms with van der Waals surface area (Å²) in [5, 5.41) is 6.85. The van der Waals surface area contributed by atoms with Crippen LogP contribution in [0.15, 0.2) is 77.9 Å². The average Bonchev–Trinajstić information content (AvgIpc) is 2.74. The van der Waals surface area contributed by atoms with Gasteiger partial charge >= 0.3 is 0 Å². The molecule has 0 heterocycles. The Kier molecular flexibility index (Phi) is 6.60. The van der Waals surface area contributed by atoms with Crippen molar-refractivity contribution in [2.75, 3.05) is 24.3 Å². The van der Waals surface area contributed by atoms with Gasteiger partial charge in [-0.25, -0.2) is 5.43 Å². The Labute approximate surface area is 176 Å². The lowest BCUT2D eigenvalue weighted by atomic mass is 10.1. The lowest BCUT2D eigenvalue weighted by Gasteiger charge is -2.11. The third-order valence-corrected chi connectivity index (χ3v) is 4.56. The molecule has 0 unspecified atom stereocenters. The number of nitrogens with one attached hydrogen (secondary N) is 2. The van der Waals surface area contributed by atoms with Crippen LogP contribution < -0.4 is 15.6 Å².